The molecule has 4 heteroatoms. The van der Waals surface area contributed by atoms with Gasteiger partial charge in [-0.3, -0.25) is 0 Å². The van der Waals surface area contributed by atoms with Crippen molar-refractivity contribution in [3.05, 3.63) is 35.4 Å². The topological polar surface area (TPSA) is 52.6 Å². The molecule has 0 saturated heterocycles. The number of esters is 2. The van der Waals surface area contributed by atoms with Crippen molar-refractivity contribution in [3.8, 4) is 0 Å². The molecule has 0 saturated carbocycles. The first-order valence-electron chi connectivity index (χ1n) is 7.48. The lowest BCUT2D eigenvalue weighted by Crippen LogP contribution is -2.24. The van der Waals surface area contributed by atoms with Crippen molar-refractivity contribution in [1.82, 2.24) is 0 Å². The second-order valence-electron chi connectivity index (χ2n) is 7.53. The third-order valence-corrected chi connectivity index (χ3v) is 2.82. The summed E-state index contributed by atoms with van der Waals surface area (Å²) in [4.78, 5) is 24.0. The van der Waals surface area contributed by atoms with Gasteiger partial charge in [-0.05, 0) is 50.8 Å². The van der Waals surface area contributed by atoms with Gasteiger partial charge in [-0.2, -0.15) is 0 Å². The molecule has 4 nitrogen and oxygen atoms in total. The van der Waals surface area contributed by atoms with E-state index in [2.05, 4.69) is 20.8 Å². The van der Waals surface area contributed by atoms with Gasteiger partial charge in [-0.15, -0.1) is 0 Å². The number of ether oxygens (including phenoxy) is 2. The van der Waals surface area contributed by atoms with E-state index in [9.17, 15) is 9.59 Å². The quantitative estimate of drug-likeness (QED) is 0.781. The number of rotatable bonds is 4. The van der Waals surface area contributed by atoms with Crippen molar-refractivity contribution >= 4 is 11.9 Å². The Morgan fingerprint density at radius 3 is 2.00 bits per heavy atom. The zero-order valence-corrected chi connectivity index (χ0v) is 14.4. The molecule has 0 spiro atoms. The fraction of sp³-hybridized carbons (Fsp3) is 0.556. The summed E-state index contributed by atoms with van der Waals surface area (Å²) in [5, 5.41) is 0. The van der Waals surface area contributed by atoms with Crippen LogP contribution in [-0.4, -0.2) is 24.1 Å². The van der Waals surface area contributed by atoms with Gasteiger partial charge < -0.3 is 9.47 Å². The van der Waals surface area contributed by atoms with E-state index in [0.29, 0.717) is 17.7 Å². The molecule has 0 atom stereocenters. The van der Waals surface area contributed by atoms with Gasteiger partial charge in [0.2, 0.25) is 0 Å². The Kier molecular flexibility index (Phi) is 5.75. The van der Waals surface area contributed by atoms with E-state index in [1.165, 1.54) is 6.07 Å². The fourth-order valence-electron chi connectivity index (χ4n) is 1.64. The minimum Gasteiger partial charge on any atom is -0.462 e. The maximum atomic E-state index is 12.0. The highest BCUT2D eigenvalue weighted by Crippen LogP contribution is 2.19. The summed E-state index contributed by atoms with van der Waals surface area (Å²) in [5.41, 5.74) is 0.247. The Morgan fingerprint density at radius 1 is 0.955 bits per heavy atom. The highest BCUT2D eigenvalue weighted by molar-refractivity contribution is 5.95. The maximum Gasteiger partial charge on any atom is 0.338 e. The summed E-state index contributed by atoms with van der Waals surface area (Å²) in [7, 11) is 0. The van der Waals surface area contributed by atoms with Gasteiger partial charge in [0.05, 0.1) is 17.7 Å². The van der Waals surface area contributed by atoms with E-state index >= 15 is 0 Å². The molecule has 0 aliphatic rings. The SMILES string of the molecule is CC(C)(C)CCOC(=O)c1cccc(C(=O)OC(C)(C)C)c1. The van der Waals surface area contributed by atoms with Crippen LogP contribution in [0, 0.1) is 5.41 Å². The van der Waals surface area contributed by atoms with Crippen LogP contribution in [0.25, 0.3) is 0 Å². The van der Waals surface area contributed by atoms with E-state index < -0.39 is 17.5 Å². The third-order valence-electron chi connectivity index (χ3n) is 2.82. The first-order valence-corrected chi connectivity index (χ1v) is 7.48. The first kappa shape index (κ1) is 18.2. The lowest BCUT2D eigenvalue weighted by molar-refractivity contribution is 0.00695. The zero-order chi connectivity index (χ0) is 17.0. The molecule has 1 rings (SSSR count). The lowest BCUT2D eigenvalue weighted by Gasteiger charge is -2.19. The van der Waals surface area contributed by atoms with Gasteiger partial charge >= 0.3 is 11.9 Å². The number of carbonyl (C=O) groups is 2. The van der Waals surface area contributed by atoms with Gasteiger partial charge in [0.15, 0.2) is 0 Å². The zero-order valence-electron chi connectivity index (χ0n) is 14.4. The van der Waals surface area contributed by atoms with Gasteiger partial charge in [-0.1, -0.05) is 26.8 Å². The van der Waals surface area contributed by atoms with Crippen LogP contribution < -0.4 is 0 Å². The average molecular weight is 306 g/mol. The highest BCUT2D eigenvalue weighted by Gasteiger charge is 2.19. The molecule has 0 unspecified atom stereocenters. The molecule has 22 heavy (non-hydrogen) atoms. The molecule has 0 aliphatic carbocycles. The standard InChI is InChI=1S/C18H26O4/c1-17(2,3)10-11-21-15(19)13-8-7-9-14(12-13)16(20)22-18(4,5)6/h7-9,12H,10-11H2,1-6H3. The predicted molar refractivity (Wildman–Crippen MR) is 86.0 cm³/mol. The molecule has 0 fully saturated rings. The molecule has 1 aromatic carbocycles. The van der Waals surface area contributed by atoms with Gasteiger partial charge in [0.25, 0.3) is 0 Å². The normalized spacial score (nSPS) is 11.9. The number of benzene rings is 1. The Morgan fingerprint density at radius 2 is 1.50 bits per heavy atom. The summed E-state index contributed by atoms with van der Waals surface area (Å²) in [6.07, 6.45) is 0.782. The molecular weight excluding hydrogens is 280 g/mol. The monoisotopic (exact) mass is 306 g/mol. The van der Waals surface area contributed by atoms with Crippen molar-refractivity contribution in [2.24, 2.45) is 5.41 Å². The summed E-state index contributed by atoms with van der Waals surface area (Å²) >= 11 is 0. The van der Waals surface area contributed by atoms with E-state index in [4.69, 9.17) is 9.47 Å². The Hall–Kier alpha value is -1.84. The Balaban J connectivity index is 2.71. The average Bonchev–Trinajstić information content (AvgIpc) is 2.35. The fourth-order valence-corrected chi connectivity index (χ4v) is 1.64. The van der Waals surface area contributed by atoms with Crippen molar-refractivity contribution in [2.75, 3.05) is 6.61 Å². The molecular formula is C18H26O4. The number of carbonyl (C=O) groups excluding carboxylic acids is 2. The number of hydrogen-bond donors (Lipinski definition) is 0. The van der Waals surface area contributed by atoms with Crippen LogP contribution in [0.3, 0.4) is 0 Å². The Bertz CT molecular complexity index is 533. The molecule has 0 N–H and O–H groups in total. The van der Waals surface area contributed by atoms with Crippen LogP contribution >= 0.6 is 0 Å². The minimum atomic E-state index is -0.569. The molecule has 122 valence electrons. The van der Waals surface area contributed by atoms with Crippen molar-refractivity contribution in [1.29, 1.82) is 0 Å². The van der Waals surface area contributed by atoms with Crippen molar-refractivity contribution in [2.45, 2.75) is 53.6 Å². The second kappa shape index (κ2) is 6.95. The lowest BCUT2D eigenvalue weighted by atomic mass is 9.93. The molecule has 0 radical (unpaired) electrons. The van der Waals surface area contributed by atoms with Crippen molar-refractivity contribution in [3.63, 3.8) is 0 Å². The van der Waals surface area contributed by atoms with E-state index in [0.717, 1.165) is 6.42 Å². The van der Waals surface area contributed by atoms with E-state index in [1.54, 1.807) is 39.0 Å². The summed E-state index contributed by atoms with van der Waals surface area (Å²) in [5.74, 6) is -0.869. The van der Waals surface area contributed by atoms with Crippen LogP contribution in [0.5, 0.6) is 0 Å². The molecule has 0 amide bonds. The molecule has 1 aromatic rings. The van der Waals surface area contributed by atoms with E-state index in [-0.39, 0.29) is 5.41 Å². The second-order valence-corrected chi connectivity index (χ2v) is 7.53. The minimum absolute atomic E-state index is 0.110. The summed E-state index contributed by atoms with van der Waals surface area (Å²) in [6.45, 7) is 12.0. The van der Waals surface area contributed by atoms with E-state index in [1.807, 2.05) is 0 Å². The predicted octanol–water partition coefficient (Wildman–Crippen LogP) is 4.23. The van der Waals surface area contributed by atoms with Crippen molar-refractivity contribution < 1.29 is 19.1 Å². The van der Waals surface area contributed by atoms with Crippen LogP contribution in [0.4, 0.5) is 0 Å². The summed E-state index contributed by atoms with van der Waals surface area (Å²) in [6, 6.07) is 6.42. The Labute approximate surface area is 132 Å². The van der Waals surface area contributed by atoms with Crippen LogP contribution in [0.2, 0.25) is 0 Å². The maximum absolute atomic E-state index is 12.0. The molecule has 0 aliphatic heterocycles. The van der Waals surface area contributed by atoms with Gasteiger partial charge in [0.1, 0.15) is 5.60 Å². The van der Waals surface area contributed by atoms with Crippen LogP contribution in [0.1, 0.15) is 68.7 Å². The number of hydrogen-bond acceptors (Lipinski definition) is 4. The van der Waals surface area contributed by atoms with Gasteiger partial charge in [-0.25, -0.2) is 9.59 Å². The van der Waals surface area contributed by atoms with Crippen LogP contribution in [-0.2, 0) is 9.47 Å². The van der Waals surface area contributed by atoms with Gasteiger partial charge in [0, 0.05) is 0 Å². The molecule has 0 bridgehead atoms. The molecule has 0 heterocycles. The summed E-state index contributed by atoms with van der Waals surface area (Å²) < 4.78 is 10.5. The third kappa shape index (κ3) is 6.74. The largest absolute Gasteiger partial charge is 0.462 e. The molecule has 0 aromatic heterocycles. The van der Waals surface area contributed by atoms with Crippen LogP contribution in [0.15, 0.2) is 24.3 Å². The smallest absolute Gasteiger partial charge is 0.338 e. The first-order chi connectivity index (χ1) is 9.98. The highest BCUT2D eigenvalue weighted by atomic mass is 16.6.